The largest absolute Gasteiger partial charge is 0.468 e. The first-order valence-corrected chi connectivity index (χ1v) is 7.13. The van der Waals surface area contributed by atoms with Gasteiger partial charge in [-0.3, -0.25) is 18.7 Å². The second-order valence-corrected chi connectivity index (χ2v) is 5.16. The quantitative estimate of drug-likeness (QED) is 0.639. The minimum atomic E-state index is -0.535. The molecule has 24 heavy (non-hydrogen) atoms. The first-order chi connectivity index (χ1) is 11.5. The number of nitrogens with zero attached hydrogens (tertiary/aromatic N) is 4. The van der Waals surface area contributed by atoms with Gasteiger partial charge in [-0.1, -0.05) is 30.3 Å². The summed E-state index contributed by atoms with van der Waals surface area (Å²) >= 11 is 0. The molecule has 2 heterocycles. The molecule has 0 spiro atoms. The van der Waals surface area contributed by atoms with Gasteiger partial charge in [0.15, 0.2) is 23.6 Å². The van der Waals surface area contributed by atoms with Gasteiger partial charge in [0.25, 0.3) is 5.56 Å². The number of aromatic nitrogens is 4. The predicted octanol–water partition coefficient (Wildman–Crippen LogP) is 0.289. The Kier molecular flexibility index (Phi) is 3.95. The van der Waals surface area contributed by atoms with E-state index in [0.29, 0.717) is 5.56 Å². The van der Waals surface area contributed by atoms with E-state index in [1.54, 1.807) is 24.3 Å². The van der Waals surface area contributed by atoms with Crippen LogP contribution in [-0.2, 0) is 14.1 Å². The van der Waals surface area contributed by atoms with E-state index in [9.17, 15) is 14.4 Å². The smallest absolute Gasteiger partial charge is 0.332 e. The van der Waals surface area contributed by atoms with Crippen LogP contribution < -0.4 is 16.0 Å². The molecule has 0 unspecified atom stereocenters. The number of hydrogen-bond donors (Lipinski definition) is 0. The molecular weight excluding hydrogens is 312 g/mol. The second kappa shape index (κ2) is 6.07. The van der Waals surface area contributed by atoms with E-state index in [1.165, 1.54) is 24.9 Å². The van der Waals surface area contributed by atoms with Gasteiger partial charge < -0.3 is 4.74 Å². The number of fused-ring (bicyclic) bond motifs is 1. The summed E-state index contributed by atoms with van der Waals surface area (Å²) in [6, 6.07) is 8.70. The van der Waals surface area contributed by atoms with Crippen molar-refractivity contribution in [3.63, 3.8) is 0 Å². The van der Waals surface area contributed by atoms with Gasteiger partial charge in [-0.15, -0.1) is 0 Å². The molecule has 0 saturated heterocycles. The van der Waals surface area contributed by atoms with Crippen LogP contribution in [0.3, 0.4) is 0 Å². The Morgan fingerprint density at radius 1 is 1.12 bits per heavy atom. The maximum absolute atomic E-state index is 12.0. The highest BCUT2D eigenvalue weighted by molar-refractivity contribution is 5.97. The number of carbonyl (C=O) groups excluding carboxylic acids is 1. The standard InChI is InChI=1S/C16H14N4O4/c1-19-14-13(15(22)20(2)16(19)23)17-8-12(18-14)24-9-11(21)10-6-4-3-5-7-10/h3-8H,9H2,1-2H3. The van der Waals surface area contributed by atoms with Crippen molar-refractivity contribution in [2.45, 2.75) is 0 Å². The monoisotopic (exact) mass is 326 g/mol. The molecule has 8 heteroatoms. The summed E-state index contributed by atoms with van der Waals surface area (Å²) in [4.78, 5) is 44.1. The number of aryl methyl sites for hydroxylation is 1. The van der Waals surface area contributed by atoms with Crippen molar-refractivity contribution >= 4 is 16.9 Å². The topological polar surface area (TPSA) is 96.1 Å². The molecule has 0 saturated carbocycles. The summed E-state index contributed by atoms with van der Waals surface area (Å²) in [7, 11) is 2.85. The van der Waals surface area contributed by atoms with Crippen LogP contribution in [-0.4, -0.2) is 31.5 Å². The second-order valence-electron chi connectivity index (χ2n) is 5.16. The zero-order valence-corrected chi connectivity index (χ0v) is 13.1. The molecule has 0 aliphatic heterocycles. The van der Waals surface area contributed by atoms with Gasteiger partial charge in [-0.05, 0) is 0 Å². The number of ether oxygens (including phenoxy) is 1. The van der Waals surface area contributed by atoms with E-state index >= 15 is 0 Å². The summed E-state index contributed by atoms with van der Waals surface area (Å²) < 4.78 is 7.51. The maximum Gasteiger partial charge on any atom is 0.332 e. The Hall–Kier alpha value is -3.29. The van der Waals surface area contributed by atoms with E-state index in [0.717, 1.165) is 4.57 Å². The normalized spacial score (nSPS) is 10.8. The van der Waals surface area contributed by atoms with Crippen LogP contribution in [0.25, 0.3) is 11.2 Å². The predicted molar refractivity (Wildman–Crippen MR) is 86.3 cm³/mol. The summed E-state index contributed by atoms with van der Waals surface area (Å²) in [5, 5.41) is 0. The van der Waals surface area contributed by atoms with Gasteiger partial charge in [0.2, 0.25) is 5.88 Å². The summed E-state index contributed by atoms with van der Waals surface area (Å²) in [5.74, 6) is -0.148. The van der Waals surface area contributed by atoms with Crippen LogP contribution in [0.15, 0.2) is 46.1 Å². The first-order valence-electron chi connectivity index (χ1n) is 7.13. The highest BCUT2D eigenvalue weighted by Gasteiger charge is 2.13. The molecule has 0 amide bonds. The van der Waals surface area contributed by atoms with E-state index < -0.39 is 11.2 Å². The maximum atomic E-state index is 12.0. The molecule has 8 nitrogen and oxygen atoms in total. The lowest BCUT2D eigenvalue weighted by molar-refractivity contribution is 0.0918. The van der Waals surface area contributed by atoms with Crippen LogP contribution in [0, 0.1) is 0 Å². The molecule has 0 bridgehead atoms. The molecular formula is C16H14N4O4. The lowest BCUT2D eigenvalue weighted by atomic mass is 10.1. The van der Waals surface area contributed by atoms with Crippen LogP contribution in [0.4, 0.5) is 0 Å². The van der Waals surface area contributed by atoms with E-state index in [4.69, 9.17) is 4.74 Å². The minimum absolute atomic E-state index is 0.0568. The highest BCUT2D eigenvalue weighted by Crippen LogP contribution is 2.10. The van der Waals surface area contributed by atoms with Crippen molar-refractivity contribution in [3.05, 3.63) is 62.9 Å². The molecule has 0 atom stereocenters. The number of carbonyl (C=O) groups is 1. The van der Waals surface area contributed by atoms with E-state index in [1.807, 2.05) is 6.07 Å². The molecule has 0 N–H and O–H groups in total. The molecule has 122 valence electrons. The average Bonchev–Trinajstić information content (AvgIpc) is 2.63. The Labute approximate surface area is 136 Å². The third kappa shape index (κ3) is 2.69. The van der Waals surface area contributed by atoms with Crippen molar-refractivity contribution < 1.29 is 9.53 Å². The Morgan fingerprint density at radius 2 is 1.83 bits per heavy atom. The Morgan fingerprint density at radius 3 is 2.54 bits per heavy atom. The molecule has 1 aromatic carbocycles. The van der Waals surface area contributed by atoms with E-state index in [2.05, 4.69) is 9.97 Å². The fourth-order valence-corrected chi connectivity index (χ4v) is 2.23. The summed E-state index contributed by atoms with van der Waals surface area (Å²) in [5.41, 5.74) is -0.367. The number of ketones is 1. The lowest BCUT2D eigenvalue weighted by Gasteiger charge is -2.08. The third-order valence-corrected chi connectivity index (χ3v) is 3.58. The fraction of sp³-hybridized carbons (Fsp3) is 0.188. The summed E-state index contributed by atoms with van der Waals surface area (Å²) in [6.07, 6.45) is 1.26. The van der Waals surface area contributed by atoms with Crippen LogP contribution in [0.5, 0.6) is 5.88 Å². The number of benzene rings is 1. The molecule has 0 radical (unpaired) electrons. The third-order valence-electron chi connectivity index (χ3n) is 3.58. The zero-order valence-electron chi connectivity index (χ0n) is 13.1. The number of hydrogen-bond acceptors (Lipinski definition) is 6. The van der Waals surface area contributed by atoms with Gasteiger partial charge in [-0.2, -0.15) is 4.98 Å². The van der Waals surface area contributed by atoms with E-state index in [-0.39, 0.29) is 29.4 Å². The van der Waals surface area contributed by atoms with Gasteiger partial charge >= 0.3 is 5.69 Å². The molecule has 0 aliphatic carbocycles. The molecule has 2 aromatic heterocycles. The number of rotatable bonds is 4. The van der Waals surface area contributed by atoms with Crippen LogP contribution in [0.2, 0.25) is 0 Å². The molecule has 3 rings (SSSR count). The van der Waals surface area contributed by atoms with Crippen molar-refractivity contribution in [1.29, 1.82) is 0 Å². The lowest BCUT2D eigenvalue weighted by Crippen LogP contribution is -2.37. The van der Waals surface area contributed by atoms with Gasteiger partial charge in [-0.25, -0.2) is 9.78 Å². The Bertz CT molecular complexity index is 1040. The van der Waals surface area contributed by atoms with Crippen LogP contribution in [0.1, 0.15) is 10.4 Å². The first kappa shape index (κ1) is 15.6. The van der Waals surface area contributed by atoms with Gasteiger partial charge in [0.05, 0.1) is 6.20 Å². The van der Waals surface area contributed by atoms with Crippen molar-refractivity contribution in [3.8, 4) is 5.88 Å². The minimum Gasteiger partial charge on any atom is -0.468 e. The SMILES string of the molecule is Cn1c(=O)c2ncc(OCC(=O)c3ccccc3)nc2n(C)c1=O. The van der Waals surface area contributed by atoms with Crippen molar-refractivity contribution in [2.24, 2.45) is 14.1 Å². The fourth-order valence-electron chi connectivity index (χ4n) is 2.23. The average molecular weight is 326 g/mol. The number of Topliss-reactive ketones (excluding diaryl/α,β-unsaturated/α-hetero) is 1. The summed E-state index contributed by atoms with van der Waals surface area (Å²) in [6.45, 7) is -0.219. The van der Waals surface area contributed by atoms with Crippen molar-refractivity contribution in [2.75, 3.05) is 6.61 Å². The highest BCUT2D eigenvalue weighted by atomic mass is 16.5. The van der Waals surface area contributed by atoms with Crippen molar-refractivity contribution in [1.82, 2.24) is 19.1 Å². The van der Waals surface area contributed by atoms with Gasteiger partial charge in [0.1, 0.15) is 0 Å². The molecule has 3 aromatic rings. The molecule has 0 aliphatic rings. The Balaban J connectivity index is 1.91. The molecule has 0 fully saturated rings. The van der Waals surface area contributed by atoms with Gasteiger partial charge in [0, 0.05) is 19.7 Å². The van der Waals surface area contributed by atoms with Crippen LogP contribution >= 0.6 is 0 Å². The zero-order chi connectivity index (χ0) is 17.3.